The lowest BCUT2D eigenvalue weighted by Crippen LogP contribution is -2.22. The van der Waals surface area contributed by atoms with Gasteiger partial charge in [0.15, 0.2) is 0 Å². The van der Waals surface area contributed by atoms with Gasteiger partial charge in [0.1, 0.15) is 4.88 Å². The van der Waals surface area contributed by atoms with E-state index in [0.29, 0.717) is 10.6 Å². The van der Waals surface area contributed by atoms with Gasteiger partial charge in [-0.3, -0.25) is 14.2 Å². The lowest BCUT2D eigenvalue weighted by Gasteiger charge is -2.07. The van der Waals surface area contributed by atoms with Gasteiger partial charge < -0.3 is 10.4 Å². The Kier molecular flexibility index (Phi) is 4.21. The molecule has 130 valence electrons. The molecule has 1 aromatic heterocycles. The SMILES string of the molecule is O=C1N=c2ccc(Br)cc2=C1c1sc(=O)n(CNc2ccccc2)c1O. The Bertz CT molecular complexity index is 1200. The highest BCUT2D eigenvalue weighted by Crippen LogP contribution is 2.28. The number of aromatic nitrogens is 1. The van der Waals surface area contributed by atoms with E-state index < -0.39 is 5.91 Å². The second kappa shape index (κ2) is 6.54. The van der Waals surface area contributed by atoms with Crippen LogP contribution in [-0.4, -0.2) is 15.6 Å². The molecule has 26 heavy (non-hydrogen) atoms. The zero-order valence-electron chi connectivity index (χ0n) is 13.3. The van der Waals surface area contributed by atoms with E-state index in [4.69, 9.17) is 0 Å². The number of fused-ring (bicyclic) bond motifs is 1. The van der Waals surface area contributed by atoms with E-state index in [9.17, 15) is 14.7 Å². The molecule has 8 heteroatoms. The number of carbonyl (C=O) groups is 1. The highest BCUT2D eigenvalue weighted by atomic mass is 79.9. The summed E-state index contributed by atoms with van der Waals surface area (Å²) in [6.45, 7) is 0.0924. The van der Waals surface area contributed by atoms with E-state index in [1.807, 2.05) is 30.3 Å². The molecule has 2 N–H and O–H groups in total. The van der Waals surface area contributed by atoms with Crippen LogP contribution in [0.2, 0.25) is 0 Å². The minimum atomic E-state index is -0.460. The third kappa shape index (κ3) is 2.87. The molecular weight excluding hydrogens is 418 g/mol. The van der Waals surface area contributed by atoms with Gasteiger partial charge in [-0.2, -0.15) is 0 Å². The smallest absolute Gasteiger partial charge is 0.312 e. The van der Waals surface area contributed by atoms with Crippen LogP contribution < -0.4 is 20.8 Å². The van der Waals surface area contributed by atoms with Crippen LogP contribution in [0.3, 0.4) is 0 Å². The van der Waals surface area contributed by atoms with Gasteiger partial charge in [-0.1, -0.05) is 45.5 Å². The number of hydrogen-bond acceptors (Lipinski definition) is 5. The van der Waals surface area contributed by atoms with E-state index in [-0.39, 0.29) is 27.9 Å². The molecule has 3 aromatic rings. The number of benzene rings is 2. The number of rotatable bonds is 4. The number of hydrogen-bond donors (Lipinski definition) is 2. The molecule has 0 fully saturated rings. The fraction of sp³-hybridized carbons (Fsp3) is 0.0556. The Balaban J connectivity index is 1.78. The van der Waals surface area contributed by atoms with Crippen LogP contribution in [0.25, 0.3) is 5.57 Å². The summed E-state index contributed by atoms with van der Waals surface area (Å²) < 4.78 is 1.99. The monoisotopic (exact) mass is 429 g/mol. The maximum Gasteiger partial charge on any atom is 0.312 e. The fourth-order valence-corrected chi connectivity index (χ4v) is 4.03. The molecule has 1 amide bonds. The van der Waals surface area contributed by atoms with Gasteiger partial charge >= 0.3 is 4.87 Å². The Labute approximate surface area is 159 Å². The highest BCUT2D eigenvalue weighted by Gasteiger charge is 2.26. The second-order valence-electron chi connectivity index (χ2n) is 5.60. The summed E-state index contributed by atoms with van der Waals surface area (Å²) in [5, 5.41) is 14.8. The largest absolute Gasteiger partial charge is 0.493 e. The maximum atomic E-state index is 12.3. The van der Waals surface area contributed by atoms with Crippen molar-refractivity contribution in [2.45, 2.75) is 6.67 Å². The molecule has 2 heterocycles. The van der Waals surface area contributed by atoms with Crippen molar-refractivity contribution in [1.82, 2.24) is 4.57 Å². The van der Waals surface area contributed by atoms with Crippen LogP contribution in [0.4, 0.5) is 5.69 Å². The van der Waals surface area contributed by atoms with Crippen LogP contribution in [0.1, 0.15) is 4.88 Å². The highest BCUT2D eigenvalue weighted by molar-refractivity contribution is 9.10. The number of nitrogens with zero attached hydrogens (tertiary/aromatic N) is 2. The summed E-state index contributed by atoms with van der Waals surface area (Å²) >= 11 is 4.20. The predicted octanol–water partition coefficient (Wildman–Crippen LogP) is 1.81. The zero-order valence-corrected chi connectivity index (χ0v) is 15.7. The minimum absolute atomic E-state index is 0.0924. The quantitative estimate of drug-likeness (QED) is 0.662. The van der Waals surface area contributed by atoms with Gasteiger partial charge in [0.2, 0.25) is 5.88 Å². The zero-order chi connectivity index (χ0) is 18.3. The minimum Gasteiger partial charge on any atom is -0.493 e. The van der Waals surface area contributed by atoms with Gasteiger partial charge in [0.25, 0.3) is 5.91 Å². The standard InChI is InChI=1S/C18H12BrN3O3S/c19-10-6-7-13-12(8-10)14(16(23)21-13)15-17(24)22(18(25)26-15)9-20-11-4-2-1-3-5-11/h1-8,20,24H,9H2. The molecule has 0 radical (unpaired) electrons. The predicted molar refractivity (Wildman–Crippen MR) is 103 cm³/mol. The van der Waals surface area contributed by atoms with Crippen LogP contribution in [0.5, 0.6) is 5.88 Å². The van der Waals surface area contributed by atoms with Crippen LogP contribution in [0, 0.1) is 0 Å². The fourth-order valence-electron chi connectivity index (χ4n) is 2.73. The lowest BCUT2D eigenvalue weighted by molar-refractivity contribution is -0.112. The van der Waals surface area contributed by atoms with Crippen molar-refractivity contribution >= 4 is 44.4 Å². The third-order valence-electron chi connectivity index (χ3n) is 3.97. The molecule has 2 aromatic carbocycles. The van der Waals surface area contributed by atoms with E-state index in [0.717, 1.165) is 21.5 Å². The first-order valence-corrected chi connectivity index (χ1v) is 9.30. The normalized spacial score (nSPS) is 12.8. The van der Waals surface area contributed by atoms with Crippen LogP contribution in [0.15, 0.2) is 62.8 Å². The second-order valence-corrected chi connectivity index (χ2v) is 7.48. The third-order valence-corrected chi connectivity index (χ3v) is 5.45. The van der Waals surface area contributed by atoms with Crippen molar-refractivity contribution in [3.05, 3.63) is 78.1 Å². The first-order valence-electron chi connectivity index (χ1n) is 7.69. The summed E-state index contributed by atoms with van der Waals surface area (Å²) in [7, 11) is 0. The van der Waals surface area contributed by atoms with E-state index >= 15 is 0 Å². The summed E-state index contributed by atoms with van der Waals surface area (Å²) in [4.78, 5) is 28.6. The summed E-state index contributed by atoms with van der Waals surface area (Å²) in [6, 6.07) is 14.6. The number of carbonyl (C=O) groups excluding carboxylic acids is 1. The van der Waals surface area contributed by atoms with Crippen molar-refractivity contribution in [2.75, 3.05) is 5.32 Å². The molecule has 0 bridgehead atoms. The lowest BCUT2D eigenvalue weighted by atomic mass is 10.1. The van der Waals surface area contributed by atoms with Crippen molar-refractivity contribution in [3.8, 4) is 5.88 Å². The molecule has 0 atom stereocenters. The number of anilines is 1. The number of amides is 1. The Morgan fingerprint density at radius 1 is 1.15 bits per heavy atom. The van der Waals surface area contributed by atoms with E-state index in [1.165, 1.54) is 4.57 Å². The Morgan fingerprint density at radius 3 is 2.69 bits per heavy atom. The maximum absolute atomic E-state index is 12.3. The number of halogens is 1. The summed E-state index contributed by atoms with van der Waals surface area (Å²) in [5.74, 6) is -0.701. The van der Waals surface area contributed by atoms with Gasteiger partial charge in [0.05, 0.1) is 17.6 Å². The van der Waals surface area contributed by atoms with Gasteiger partial charge in [0, 0.05) is 15.4 Å². The number of aromatic hydroxyl groups is 1. The van der Waals surface area contributed by atoms with E-state index in [2.05, 4.69) is 26.2 Å². The molecule has 0 saturated heterocycles. The topological polar surface area (TPSA) is 83.7 Å². The number of nitrogens with one attached hydrogen (secondary N) is 1. The molecule has 1 aliphatic rings. The van der Waals surface area contributed by atoms with Gasteiger partial charge in [-0.05, 0) is 30.3 Å². The molecule has 1 aliphatic heterocycles. The van der Waals surface area contributed by atoms with Crippen molar-refractivity contribution in [1.29, 1.82) is 0 Å². The average molecular weight is 430 g/mol. The molecule has 0 spiro atoms. The van der Waals surface area contributed by atoms with E-state index in [1.54, 1.807) is 18.2 Å². The molecule has 0 unspecified atom stereocenters. The molecule has 0 saturated carbocycles. The first-order chi connectivity index (χ1) is 12.5. The number of thiazole rings is 1. The molecule has 6 nitrogen and oxygen atoms in total. The Morgan fingerprint density at radius 2 is 1.92 bits per heavy atom. The van der Waals surface area contributed by atoms with Crippen molar-refractivity contribution < 1.29 is 9.90 Å². The van der Waals surface area contributed by atoms with Gasteiger partial charge in [-0.25, -0.2) is 4.99 Å². The Hall–Kier alpha value is -2.71. The summed E-state index contributed by atoms with van der Waals surface area (Å²) in [6.07, 6.45) is 0. The van der Waals surface area contributed by atoms with Crippen molar-refractivity contribution in [2.24, 2.45) is 4.99 Å². The molecular formula is C18H12BrN3O3S. The van der Waals surface area contributed by atoms with Crippen LogP contribution >= 0.6 is 27.3 Å². The first kappa shape index (κ1) is 16.7. The molecule has 4 rings (SSSR count). The summed E-state index contributed by atoms with van der Waals surface area (Å²) in [5.41, 5.74) is 1.07. The number of para-hydroxylation sites is 1. The van der Waals surface area contributed by atoms with Crippen LogP contribution in [-0.2, 0) is 11.5 Å². The average Bonchev–Trinajstić information content (AvgIpc) is 3.09. The van der Waals surface area contributed by atoms with Gasteiger partial charge in [-0.15, -0.1) is 0 Å². The van der Waals surface area contributed by atoms with Crippen molar-refractivity contribution in [3.63, 3.8) is 0 Å². The molecule has 0 aliphatic carbocycles.